The summed E-state index contributed by atoms with van der Waals surface area (Å²) in [4.78, 5) is 0. The molecular formula is C18H31NO. The first-order chi connectivity index (χ1) is 9.86. The molecule has 0 aliphatic heterocycles. The maximum absolute atomic E-state index is 5.72. The third-order valence-electron chi connectivity index (χ3n) is 3.54. The zero-order chi connectivity index (χ0) is 14.5. The lowest BCUT2D eigenvalue weighted by molar-refractivity contribution is 0.117. The van der Waals surface area contributed by atoms with Gasteiger partial charge < -0.3 is 10.1 Å². The smallest absolute Gasteiger partial charge is 0.0469 e. The molecule has 0 heterocycles. The fourth-order valence-corrected chi connectivity index (χ4v) is 2.31. The summed E-state index contributed by atoms with van der Waals surface area (Å²) in [7, 11) is 0. The van der Waals surface area contributed by atoms with Gasteiger partial charge in [-0.1, -0.05) is 50.6 Å². The molecule has 20 heavy (non-hydrogen) atoms. The van der Waals surface area contributed by atoms with Gasteiger partial charge >= 0.3 is 0 Å². The Morgan fingerprint density at radius 1 is 1.05 bits per heavy atom. The van der Waals surface area contributed by atoms with Crippen molar-refractivity contribution in [1.82, 2.24) is 5.32 Å². The van der Waals surface area contributed by atoms with Crippen molar-refractivity contribution in [2.75, 3.05) is 26.3 Å². The van der Waals surface area contributed by atoms with Gasteiger partial charge in [-0.25, -0.2) is 0 Å². The average molecular weight is 277 g/mol. The van der Waals surface area contributed by atoms with Crippen LogP contribution in [0.2, 0.25) is 0 Å². The van der Waals surface area contributed by atoms with E-state index in [9.17, 15) is 0 Å². The fraction of sp³-hybridized carbons (Fsp3) is 0.667. The summed E-state index contributed by atoms with van der Waals surface area (Å²) in [5.74, 6) is 0.672. The number of rotatable bonds is 12. The van der Waals surface area contributed by atoms with Gasteiger partial charge in [0.05, 0.1) is 0 Å². The number of hydrogen-bond acceptors (Lipinski definition) is 2. The molecule has 0 saturated carbocycles. The Bertz CT molecular complexity index is 312. The molecule has 0 fully saturated rings. The lowest BCUT2D eigenvalue weighted by atomic mass is 9.96. The highest BCUT2D eigenvalue weighted by Gasteiger charge is 2.09. The predicted molar refractivity (Wildman–Crippen MR) is 87.1 cm³/mol. The van der Waals surface area contributed by atoms with Crippen LogP contribution in [-0.2, 0) is 11.2 Å². The Labute approximate surface area is 124 Å². The van der Waals surface area contributed by atoms with Gasteiger partial charge in [-0.15, -0.1) is 0 Å². The molecule has 0 aliphatic carbocycles. The minimum Gasteiger partial charge on any atom is -0.381 e. The van der Waals surface area contributed by atoms with Gasteiger partial charge in [0.2, 0.25) is 0 Å². The molecule has 0 bridgehead atoms. The fourth-order valence-electron chi connectivity index (χ4n) is 2.31. The van der Waals surface area contributed by atoms with E-state index in [1.165, 1.54) is 24.8 Å². The summed E-state index contributed by atoms with van der Waals surface area (Å²) in [5, 5.41) is 3.55. The van der Waals surface area contributed by atoms with E-state index in [0.29, 0.717) is 5.92 Å². The van der Waals surface area contributed by atoms with Gasteiger partial charge in [-0.05, 0) is 50.3 Å². The maximum Gasteiger partial charge on any atom is 0.0469 e. The summed E-state index contributed by atoms with van der Waals surface area (Å²) in [6.07, 6.45) is 5.89. The molecule has 1 aromatic rings. The van der Waals surface area contributed by atoms with Crippen LogP contribution in [0, 0.1) is 5.92 Å². The molecule has 1 unspecified atom stereocenters. The number of benzene rings is 1. The largest absolute Gasteiger partial charge is 0.381 e. The van der Waals surface area contributed by atoms with E-state index >= 15 is 0 Å². The van der Waals surface area contributed by atoms with Crippen molar-refractivity contribution in [3.05, 3.63) is 35.9 Å². The Kier molecular flexibility index (Phi) is 10.3. The number of ether oxygens (including phenoxy) is 1. The number of hydrogen-bond donors (Lipinski definition) is 1. The lowest BCUT2D eigenvalue weighted by Gasteiger charge is -2.18. The van der Waals surface area contributed by atoms with Crippen molar-refractivity contribution in [3.8, 4) is 0 Å². The highest BCUT2D eigenvalue weighted by Crippen LogP contribution is 2.12. The van der Waals surface area contributed by atoms with E-state index in [0.717, 1.165) is 39.1 Å². The second-order valence-corrected chi connectivity index (χ2v) is 5.51. The van der Waals surface area contributed by atoms with Gasteiger partial charge in [0.1, 0.15) is 0 Å². The standard InChI is InChI=1S/C18H31NO/c1-3-5-13-20-14-11-18(16-19-12-4-2)15-17-9-7-6-8-10-17/h6-10,18-19H,3-5,11-16H2,1-2H3. The Morgan fingerprint density at radius 2 is 1.85 bits per heavy atom. The van der Waals surface area contributed by atoms with Crippen molar-refractivity contribution < 1.29 is 4.74 Å². The second kappa shape index (κ2) is 11.9. The molecule has 114 valence electrons. The van der Waals surface area contributed by atoms with Gasteiger partial charge in [0.25, 0.3) is 0 Å². The SMILES string of the molecule is CCCCOCCC(CNCCC)Cc1ccccc1. The van der Waals surface area contributed by atoms with E-state index in [-0.39, 0.29) is 0 Å². The molecule has 0 amide bonds. The van der Waals surface area contributed by atoms with E-state index in [4.69, 9.17) is 4.74 Å². The Balaban J connectivity index is 2.31. The molecule has 1 atom stereocenters. The summed E-state index contributed by atoms with van der Waals surface area (Å²) in [6, 6.07) is 10.8. The van der Waals surface area contributed by atoms with Gasteiger partial charge in [-0.2, -0.15) is 0 Å². The van der Waals surface area contributed by atoms with Crippen LogP contribution in [0.15, 0.2) is 30.3 Å². The van der Waals surface area contributed by atoms with Crippen molar-refractivity contribution >= 4 is 0 Å². The first kappa shape index (κ1) is 17.2. The molecule has 2 nitrogen and oxygen atoms in total. The van der Waals surface area contributed by atoms with Crippen LogP contribution in [0.25, 0.3) is 0 Å². The second-order valence-electron chi connectivity index (χ2n) is 5.51. The van der Waals surface area contributed by atoms with Crippen molar-refractivity contribution in [3.63, 3.8) is 0 Å². The molecule has 0 spiro atoms. The normalized spacial score (nSPS) is 12.5. The molecule has 0 radical (unpaired) electrons. The van der Waals surface area contributed by atoms with Crippen LogP contribution in [-0.4, -0.2) is 26.3 Å². The van der Waals surface area contributed by atoms with Crippen LogP contribution in [0.5, 0.6) is 0 Å². The molecule has 0 aromatic heterocycles. The summed E-state index contributed by atoms with van der Waals surface area (Å²) in [5.41, 5.74) is 1.43. The maximum atomic E-state index is 5.72. The van der Waals surface area contributed by atoms with Crippen molar-refractivity contribution in [1.29, 1.82) is 0 Å². The third kappa shape index (κ3) is 8.34. The highest BCUT2D eigenvalue weighted by atomic mass is 16.5. The van der Waals surface area contributed by atoms with Crippen molar-refractivity contribution in [2.45, 2.75) is 46.0 Å². The minimum absolute atomic E-state index is 0.672. The van der Waals surface area contributed by atoms with Crippen LogP contribution in [0.3, 0.4) is 0 Å². The topological polar surface area (TPSA) is 21.3 Å². The zero-order valence-electron chi connectivity index (χ0n) is 13.2. The summed E-state index contributed by atoms with van der Waals surface area (Å²) >= 11 is 0. The first-order valence-electron chi connectivity index (χ1n) is 8.19. The van der Waals surface area contributed by atoms with E-state index in [2.05, 4.69) is 49.5 Å². The van der Waals surface area contributed by atoms with Crippen LogP contribution in [0.4, 0.5) is 0 Å². The molecule has 1 N–H and O–H groups in total. The summed E-state index contributed by atoms with van der Waals surface area (Å²) in [6.45, 7) is 8.44. The molecule has 1 aromatic carbocycles. The van der Waals surface area contributed by atoms with Crippen LogP contribution >= 0.6 is 0 Å². The van der Waals surface area contributed by atoms with E-state index in [1.807, 2.05) is 0 Å². The number of nitrogens with one attached hydrogen (secondary N) is 1. The Hall–Kier alpha value is -0.860. The molecule has 0 saturated heterocycles. The van der Waals surface area contributed by atoms with E-state index in [1.54, 1.807) is 0 Å². The minimum atomic E-state index is 0.672. The quantitative estimate of drug-likeness (QED) is 0.582. The Morgan fingerprint density at radius 3 is 2.55 bits per heavy atom. The first-order valence-corrected chi connectivity index (χ1v) is 8.19. The predicted octanol–water partition coefficient (Wildman–Crippen LogP) is 4.05. The van der Waals surface area contributed by atoms with Crippen molar-refractivity contribution in [2.24, 2.45) is 5.92 Å². The zero-order valence-corrected chi connectivity index (χ0v) is 13.2. The molecule has 2 heteroatoms. The molecular weight excluding hydrogens is 246 g/mol. The van der Waals surface area contributed by atoms with Crippen LogP contribution in [0.1, 0.15) is 45.1 Å². The van der Waals surface area contributed by atoms with Gasteiger partial charge in [-0.3, -0.25) is 0 Å². The molecule has 0 aliphatic rings. The monoisotopic (exact) mass is 277 g/mol. The van der Waals surface area contributed by atoms with Gasteiger partial charge in [0, 0.05) is 13.2 Å². The summed E-state index contributed by atoms with van der Waals surface area (Å²) < 4.78 is 5.72. The highest BCUT2D eigenvalue weighted by molar-refractivity contribution is 5.15. The van der Waals surface area contributed by atoms with Gasteiger partial charge in [0.15, 0.2) is 0 Å². The lowest BCUT2D eigenvalue weighted by Crippen LogP contribution is -2.26. The third-order valence-corrected chi connectivity index (χ3v) is 3.54. The molecule has 1 rings (SSSR count). The van der Waals surface area contributed by atoms with E-state index < -0.39 is 0 Å². The number of unbranched alkanes of at least 4 members (excludes halogenated alkanes) is 1. The average Bonchev–Trinajstić information content (AvgIpc) is 2.48. The van der Waals surface area contributed by atoms with Crippen LogP contribution < -0.4 is 5.32 Å².